The van der Waals surface area contributed by atoms with Crippen LogP contribution in [0.15, 0.2) is 84.0 Å². The molecular formula is C32H31Cl2FN6OS. The van der Waals surface area contributed by atoms with Gasteiger partial charge in [-0.1, -0.05) is 65.3 Å². The SMILES string of the molecule is O=C(c1ccc(CSc2nc(Cl)cc(N3CCN(c4ccccc4F)CC3)n2)cc1)N1CCN(c2cccc(Cl)c2)CC1. The molecule has 6 rings (SSSR count). The Morgan fingerprint density at radius 2 is 1.47 bits per heavy atom. The first kappa shape index (κ1) is 29.5. The standard InChI is InChI=1S/C32H31Cl2FN6OS/c33-25-4-3-5-26(20-25)38-12-18-41(19-13-38)31(42)24-10-8-23(9-11-24)22-43-32-36-29(34)21-30(37-32)40-16-14-39(15-17-40)28-7-2-1-6-27(28)35/h1-11,20-21H,12-19,22H2. The Morgan fingerprint density at radius 3 is 2.19 bits per heavy atom. The molecule has 4 aromatic rings. The van der Waals surface area contributed by atoms with Crippen molar-refractivity contribution in [3.8, 4) is 0 Å². The largest absolute Gasteiger partial charge is 0.368 e. The predicted octanol–water partition coefficient (Wildman–Crippen LogP) is 6.50. The molecule has 2 aliphatic rings. The van der Waals surface area contributed by atoms with Gasteiger partial charge in [0.1, 0.15) is 16.8 Å². The average molecular weight is 638 g/mol. The first-order chi connectivity index (χ1) is 20.9. The molecule has 0 N–H and O–H groups in total. The van der Waals surface area contributed by atoms with Gasteiger partial charge in [0.2, 0.25) is 0 Å². The van der Waals surface area contributed by atoms with E-state index in [2.05, 4.69) is 19.7 Å². The fourth-order valence-electron chi connectivity index (χ4n) is 5.41. The number of thioether (sulfide) groups is 1. The molecule has 2 saturated heterocycles. The van der Waals surface area contributed by atoms with Crippen LogP contribution in [0.1, 0.15) is 15.9 Å². The van der Waals surface area contributed by atoms with Gasteiger partial charge in [0.25, 0.3) is 5.91 Å². The summed E-state index contributed by atoms with van der Waals surface area (Å²) in [5, 5.41) is 1.70. The summed E-state index contributed by atoms with van der Waals surface area (Å²) in [7, 11) is 0. The van der Waals surface area contributed by atoms with Crippen LogP contribution < -0.4 is 14.7 Å². The van der Waals surface area contributed by atoms with Crippen molar-refractivity contribution in [2.24, 2.45) is 0 Å². The number of rotatable bonds is 7. The quantitative estimate of drug-likeness (QED) is 0.130. The Bertz CT molecular complexity index is 1580. The molecule has 0 bridgehead atoms. The van der Waals surface area contributed by atoms with Crippen LogP contribution in [0.3, 0.4) is 0 Å². The maximum Gasteiger partial charge on any atom is 0.253 e. The zero-order chi connectivity index (χ0) is 29.8. The summed E-state index contributed by atoms with van der Waals surface area (Å²) >= 11 is 14.0. The van der Waals surface area contributed by atoms with Gasteiger partial charge in [-0.3, -0.25) is 4.79 Å². The van der Waals surface area contributed by atoms with Crippen LogP contribution in [-0.2, 0) is 5.75 Å². The summed E-state index contributed by atoms with van der Waals surface area (Å²) in [5.41, 5.74) is 3.46. The molecule has 1 amide bonds. The third-order valence-electron chi connectivity index (χ3n) is 7.77. The van der Waals surface area contributed by atoms with Gasteiger partial charge in [-0.05, 0) is 48.0 Å². The monoisotopic (exact) mass is 636 g/mol. The average Bonchev–Trinajstić information content (AvgIpc) is 3.04. The first-order valence-electron chi connectivity index (χ1n) is 14.2. The number of hydrogen-bond acceptors (Lipinski definition) is 7. The lowest BCUT2D eigenvalue weighted by atomic mass is 10.1. The highest BCUT2D eigenvalue weighted by atomic mass is 35.5. The lowest BCUT2D eigenvalue weighted by Gasteiger charge is -2.36. The fraction of sp³-hybridized carbons (Fsp3) is 0.281. The second kappa shape index (κ2) is 13.4. The molecule has 0 atom stereocenters. The molecule has 3 aromatic carbocycles. The zero-order valence-corrected chi connectivity index (χ0v) is 25.8. The van der Waals surface area contributed by atoms with Gasteiger partial charge < -0.3 is 19.6 Å². The second-order valence-corrected chi connectivity index (χ2v) is 12.3. The van der Waals surface area contributed by atoms with Gasteiger partial charge in [-0.15, -0.1) is 0 Å². The van der Waals surface area contributed by atoms with E-state index < -0.39 is 0 Å². The van der Waals surface area contributed by atoms with Crippen molar-refractivity contribution in [1.29, 1.82) is 0 Å². The molecule has 2 aliphatic heterocycles. The van der Waals surface area contributed by atoms with E-state index in [1.807, 2.05) is 65.6 Å². The Hall–Kier alpha value is -3.53. The van der Waals surface area contributed by atoms with E-state index in [-0.39, 0.29) is 11.7 Å². The molecule has 7 nitrogen and oxygen atoms in total. The zero-order valence-electron chi connectivity index (χ0n) is 23.5. The lowest BCUT2D eigenvalue weighted by molar-refractivity contribution is 0.0747. The number of para-hydroxylation sites is 1. The third kappa shape index (κ3) is 7.17. The van der Waals surface area contributed by atoms with E-state index in [1.165, 1.54) is 17.8 Å². The van der Waals surface area contributed by atoms with Crippen LogP contribution in [0.2, 0.25) is 10.2 Å². The fourth-order valence-corrected chi connectivity index (χ4v) is 6.63. The van der Waals surface area contributed by atoms with Crippen molar-refractivity contribution < 1.29 is 9.18 Å². The number of carbonyl (C=O) groups excluding carboxylic acids is 1. The third-order valence-corrected chi connectivity index (χ3v) is 9.11. The Labute approximate surface area is 265 Å². The molecule has 3 heterocycles. The number of halogens is 3. The number of hydrogen-bond donors (Lipinski definition) is 0. The molecule has 0 aliphatic carbocycles. The van der Waals surface area contributed by atoms with Crippen molar-refractivity contribution in [3.63, 3.8) is 0 Å². The number of amides is 1. The predicted molar refractivity (Wildman–Crippen MR) is 173 cm³/mol. The first-order valence-corrected chi connectivity index (χ1v) is 16.0. The van der Waals surface area contributed by atoms with Gasteiger partial charge in [0, 0.05) is 80.5 Å². The van der Waals surface area contributed by atoms with Crippen molar-refractivity contribution in [2.75, 3.05) is 67.1 Å². The minimum absolute atomic E-state index is 0.0443. The van der Waals surface area contributed by atoms with E-state index >= 15 is 0 Å². The molecule has 1 aromatic heterocycles. The number of aromatic nitrogens is 2. The van der Waals surface area contributed by atoms with Gasteiger partial charge in [0.05, 0.1) is 5.69 Å². The van der Waals surface area contributed by atoms with Crippen LogP contribution in [0.5, 0.6) is 0 Å². The smallest absolute Gasteiger partial charge is 0.253 e. The minimum atomic E-state index is -0.204. The van der Waals surface area contributed by atoms with Crippen molar-refractivity contribution >= 4 is 58.1 Å². The normalized spacial score (nSPS) is 15.6. The van der Waals surface area contributed by atoms with Crippen molar-refractivity contribution in [1.82, 2.24) is 14.9 Å². The van der Waals surface area contributed by atoms with E-state index in [0.717, 1.165) is 30.2 Å². The van der Waals surface area contributed by atoms with Gasteiger partial charge >= 0.3 is 0 Å². The maximum absolute atomic E-state index is 14.2. The summed E-state index contributed by atoms with van der Waals surface area (Å²) in [6.45, 7) is 5.65. The molecule has 0 saturated carbocycles. The molecule has 0 spiro atoms. The number of carbonyl (C=O) groups is 1. The molecule has 222 valence electrons. The van der Waals surface area contributed by atoms with Crippen LogP contribution in [0, 0.1) is 5.82 Å². The molecule has 0 unspecified atom stereocenters. The highest BCUT2D eigenvalue weighted by Gasteiger charge is 2.23. The molecule has 43 heavy (non-hydrogen) atoms. The van der Waals surface area contributed by atoms with E-state index in [4.69, 9.17) is 28.2 Å². The van der Waals surface area contributed by atoms with Gasteiger partial charge in [-0.25, -0.2) is 14.4 Å². The van der Waals surface area contributed by atoms with E-state index in [1.54, 1.807) is 12.1 Å². The molecule has 0 radical (unpaired) electrons. The van der Waals surface area contributed by atoms with Crippen LogP contribution in [0.25, 0.3) is 0 Å². The van der Waals surface area contributed by atoms with Crippen molar-refractivity contribution in [3.05, 3.63) is 106 Å². The van der Waals surface area contributed by atoms with Gasteiger partial charge in [0.15, 0.2) is 5.16 Å². The number of anilines is 3. The number of piperazine rings is 2. The second-order valence-electron chi connectivity index (χ2n) is 10.5. The molecule has 2 fully saturated rings. The summed E-state index contributed by atoms with van der Waals surface area (Å²) < 4.78 is 14.2. The Balaban J connectivity index is 1.01. The highest BCUT2D eigenvalue weighted by Crippen LogP contribution is 2.27. The summed E-state index contributed by atoms with van der Waals surface area (Å²) in [6, 6.07) is 24.2. The lowest BCUT2D eigenvalue weighted by Crippen LogP contribution is -2.48. The summed E-state index contributed by atoms with van der Waals surface area (Å²) in [4.78, 5) is 30.7. The van der Waals surface area contributed by atoms with E-state index in [0.29, 0.717) is 71.6 Å². The number of benzene rings is 3. The molecule has 11 heteroatoms. The van der Waals surface area contributed by atoms with Crippen LogP contribution in [0.4, 0.5) is 21.6 Å². The summed E-state index contributed by atoms with van der Waals surface area (Å²) in [6.07, 6.45) is 0. The Morgan fingerprint density at radius 1 is 0.767 bits per heavy atom. The van der Waals surface area contributed by atoms with Gasteiger partial charge in [-0.2, -0.15) is 0 Å². The minimum Gasteiger partial charge on any atom is -0.368 e. The molecular weight excluding hydrogens is 606 g/mol. The Kier molecular flexibility index (Phi) is 9.21. The maximum atomic E-state index is 14.2. The van der Waals surface area contributed by atoms with Crippen molar-refractivity contribution in [2.45, 2.75) is 10.9 Å². The summed E-state index contributed by atoms with van der Waals surface area (Å²) in [5.74, 6) is 1.26. The highest BCUT2D eigenvalue weighted by molar-refractivity contribution is 7.98. The van der Waals surface area contributed by atoms with Crippen LogP contribution in [-0.4, -0.2) is 73.1 Å². The number of nitrogens with zero attached hydrogens (tertiary/aromatic N) is 6. The topological polar surface area (TPSA) is 55.8 Å². The van der Waals surface area contributed by atoms with E-state index in [9.17, 15) is 9.18 Å². The van der Waals surface area contributed by atoms with Crippen LogP contribution >= 0.6 is 35.0 Å².